The van der Waals surface area contributed by atoms with E-state index in [4.69, 9.17) is 9.52 Å². The summed E-state index contributed by atoms with van der Waals surface area (Å²) in [5.41, 5.74) is 6.87. The summed E-state index contributed by atoms with van der Waals surface area (Å²) >= 11 is 0. The largest absolute Gasteiger partial charge is 0.443 e. The highest BCUT2D eigenvalue weighted by atomic mass is 16.3. The zero-order valence-electron chi connectivity index (χ0n) is 21.2. The monoisotopic (exact) mass is 506 g/mol. The second kappa shape index (κ2) is 8.88. The van der Waals surface area contributed by atoms with Crippen LogP contribution >= 0.6 is 0 Å². The number of oxazole rings is 1. The molecule has 9 nitrogen and oxygen atoms in total. The number of carbonyl (C=O) groups is 2. The topological polar surface area (TPSA) is 114 Å². The van der Waals surface area contributed by atoms with Crippen LogP contribution in [-0.4, -0.2) is 26.7 Å². The molecular weight excluding hydrogens is 480 g/mol. The Kier molecular flexibility index (Phi) is 5.48. The number of anilines is 2. The molecule has 0 aliphatic carbocycles. The van der Waals surface area contributed by atoms with Gasteiger partial charge in [-0.25, -0.2) is 14.5 Å². The number of nitrogens with zero attached hydrogens (tertiary/aromatic N) is 3. The number of fused-ring (bicyclic) bond motifs is 2. The lowest BCUT2D eigenvalue weighted by atomic mass is 9.92. The normalized spacial score (nSPS) is 12.9. The van der Waals surface area contributed by atoms with E-state index in [2.05, 4.69) is 41.7 Å². The number of hydrogen-bond donors (Lipinski definition) is 3. The summed E-state index contributed by atoms with van der Waals surface area (Å²) in [6.45, 7) is 6.69. The average Bonchev–Trinajstić information content (AvgIpc) is 3.62. The second-order valence-electron chi connectivity index (χ2n) is 10.3. The number of amides is 3. The molecular formula is C29H26N6O3. The summed E-state index contributed by atoms with van der Waals surface area (Å²) in [5, 5.41) is 13.5. The van der Waals surface area contributed by atoms with E-state index in [0.717, 1.165) is 28.1 Å². The molecule has 0 spiro atoms. The van der Waals surface area contributed by atoms with Crippen molar-refractivity contribution in [3.63, 3.8) is 0 Å². The lowest BCUT2D eigenvalue weighted by molar-refractivity contribution is 0.0965. The van der Waals surface area contributed by atoms with E-state index in [0.29, 0.717) is 34.7 Å². The number of hydrogen-bond acceptors (Lipinski definition) is 5. The van der Waals surface area contributed by atoms with E-state index in [1.54, 1.807) is 4.68 Å². The highest BCUT2D eigenvalue weighted by Crippen LogP contribution is 2.31. The van der Waals surface area contributed by atoms with Crippen molar-refractivity contribution in [1.82, 2.24) is 20.1 Å². The molecule has 3 heterocycles. The van der Waals surface area contributed by atoms with E-state index >= 15 is 0 Å². The fourth-order valence-electron chi connectivity index (χ4n) is 4.58. The number of aromatic nitrogens is 3. The van der Waals surface area contributed by atoms with Gasteiger partial charge in [-0.2, -0.15) is 5.10 Å². The van der Waals surface area contributed by atoms with Crippen molar-refractivity contribution in [2.24, 2.45) is 0 Å². The van der Waals surface area contributed by atoms with Crippen LogP contribution in [0.1, 0.15) is 42.4 Å². The molecule has 0 saturated heterocycles. The Morgan fingerprint density at radius 3 is 2.66 bits per heavy atom. The molecule has 0 atom stereocenters. The minimum absolute atomic E-state index is 0.0653. The van der Waals surface area contributed by atoms with Gasteiger partial charge < -0.3 is 15.1 Å². The van der Waals surface area contributed by atoms with E-state index in [1.165, 1.54) is 6.39 Å². The Bertz CT molecular complexity index is 1710. The minimum atomic E-state index is -0.401. The maximum atomic E-state index is 13.1. The molecule has 0 saturated carbocycles. The molecule has 3 N–H and O–H groups in total. The van der Waals surface area contributed by atoms with Crippen LogP contribution < -0.4 is 16.0 Å². The van der Waals surface area contributed by atoms with Gasteiger partial charge in [0.2, 0.25) is 0 Å². The molecule has 190 valence electrons. The quantitative estimate of drug-likeness (QED) is 0.282. The maximum Gasteiger partial charge on any atom is 0.324 e. The Balaban J connectivity index is 1.28. The van der Waals surface area contributed by atoms with Crippen LogP contribution in [0.15, 0.2) is 77.5 Å². The van der Waals surface area contributed by atoms with Gasteiger partial charge in [0.15, 0.2) is 12.0 Å². The molecule has 5 aromatic rings. The van der Waals surface area contributed by atoms with Gasteiger partial charge >= 0.3 is 6.03 Å². The lowest BCUT2D eigenvalue weighted by Gasteiger charge is -2.14. The van der Waals surface area contributed by atoms with Gasteiger partial charge in [0, 0.05) is 29.3 Å². The third-order valence-corrected chi connectivity index (χ3v) is 6.56. The summed E-state index contributed by atoms with van der Waals surface area (Å²) in [4.78, 5) is 29.5. The van der Waals surface area contributed by atoms with Gasteiger partial charge in [0.1, 0.15) is 11.3 Å². The maximum absolute atomic E-state index is 13.1. The van der Waals surface area contributed by atoms with E-state index < -0.39 is 6.03 Å². The van der Waals surface area contributed by atoms with E-state index in [1.807, 2.05) is 66.7 Å². The summed E-state index contributed by atoms with van der Waals surface area (Å²) in [5.74, 6) is 0.460. The first kappa shape index (κ1) is 23.5. The Morgan fingerprint density at radius 2 is 1.82 bits per heavy atom. The van der Waals surface area contributed by atoms with Gasteiger partial charge in [-0.3, -0.25) is 10.1 Å². The predicted octanol–water partition coefficient (Wildman–Crippen LogP) is 5.87. The molecule has 0 radical (unpaired) electrons. The molecule has 9 heteroatoms. The SMILES string of the molecule is CC(C)(C)c1cc(NC(=O)Nc2cccc(-c3cccc4c3CNC4=O)c2)n(-c2ccc3ocnc3c2)n1. The van der Waals surface area contributed by atoms with Crippen LogP contribution in [0.5, 0.6) is 0 Å². The smallest absolute Gasteiger partial charge is 0.324 e. The molecule has 1 aliphatic rings. The van der Waals surface area contributed by atoms with Crippen LogP contribution in [0, 0.1) is 0 Å². The zero-order valence-corrected chi connectivity index (χ0v) is 21.2. The highest BCUT2D eigenvalue weighted by molar-refractivity contribution is 6.01. The van der Waals surface area contributed by atoms with Gasteiger partial charge in [0.05, 0.1) is 11.4 Å². The number of carbonyl (C=O) groups excluding carboxylic acids is 2. The first-order valence-corrected chi connectivity index (χ1v) is 12.3. The zero-order chi connectivity index (χ0) is 26.4. The van der Waals surface area contributed by atoms with Crippen LogP contribution in [0.2, 0.25) is 0 Å². The molecule has 6 rings (SSSR count). The van der Waals surface area contributed by atoms with Crippen LogP contribution in [0.4, 0.5) is 16.3 Å². The Morgan fingerprint density at radius 1 is 1.00 bits per heavy atom. The van der Waals surface area contributed by atoms with Gasteiger partial charge in [-0.15, -0.1) is 0 Å². The van der Waals surface area contributed by atoms with Gasteiger partial charge in [-0.1, -0.05) is 45.0 Å². The number of benzene rings is 3. The first-order chi connectivity index (χ1) is 18.3. The summed E-state index contributed by atoms with van der Waals surface area (Å²) in [7, 11) is 0. The third kappa shape index (κ3) is 4.28. The number of rotatable bonds is 4. The molecule has 0 unspecified atom stereocenters. The van der Waals surface area contributed by atoms with Crippen molar-refractivity contribution >= 4 is 34.5 Å². The molecule has 3 aromatic carbocycles. The van der Waals surface area contributed by atoms with Crippen molar-refractivity contribution in [1.29, 1.82) is 0 Å². The molecule has 0 bridgehead atoms. The number of nitrogens with one attached hydrogen (secondary N) is 3. The van der Waals surface area contributed by atoms with Crippen molar-refractivity contribution in [3.8, 4) is 16.8 Å². The minimum Gasteiger partial charge on any atom is -0.443 e. The van der Waals surface area contributed by atoms with Crippen LogP contribution in [0.3, 0.4) is 0 Å². The lowest BCUT2D eigenvalue weighted by Crippen LogP contribution is -2.21. The summed E-state index contributed by atoms with van der Waals surface area (Å²) in [6.07, 6.45) is 1.40. The van der Waals surface area contributed by atoms with E-state index in [-0.39, 0.29) is 11.3 Å². The Labute approximate surface area is 218 Å². The summed E-state index contributed by atoms with van der Waals surface area (Å²) < 4.78 is 7.06. The van der Waals surface area contributed by atoms with Crippen LogP contribution in [-0.2, 0) is 12.0 Å². The fourth-order valence-corrected chi connectivity index (χ4v) is 4.58. The van der Waals surface area contributed by atoms with Crippen molar-refractivity contribution in [2.75, 3.05) is 10.6 Å². The van der Waals surface area contributed by atoms with Crippen molar-refractivity contribution < 1.29 is 14.0 Å². The molecule has 2 aromatic heterocycles. The molecule has 1 aliphatic heterocycles. The second-order valence-corrected chi connectivity index (χ2v) is 10.3. The Hall–Kier alpha value is -4.92. The predicted molar refractivity (Wildman–Crippen MR) is 146 cm³/mol. The molecule has 0 fully saturated rings. The van der Waals surface area contributed by atoms with Gasteiger partial charge in [0.25, 0.3) is 5.91 Å². The van der Waals surface area contributed by atoms with Gasteiger partial charge in [-0.05, 0) is 53.1 Å². The van der Waals surface area contributed by atoms with Crippen LogP contribution in [0.25, 0.3) is 27.9 Å². The number of urea groups is 1. The summed E-state index contributed by atoms with van der Waals surface area (Å²) in [6, 6.07) is 20.3. The average molecular weight is 507 g/mol. The third-order valence-electron chi connectivity index (χ3n) is 6.56. The van der Waals surface area contributed by atoms with E-state index in [9.17, 15) is 9.59 Å². The molecule has 38 heavy (non-hydrogen) atoms. The van der Waals surface area contributed by atoms with Crippen molar-refractivity contribution in [2.45, 2.75) is 32.7 Å². The highest BCUT2D eigenvalue weighted by Gasteiger charge is 2.23. The molecule has 3 amide bonds. The standard InChI is InChI=1S/C29H26N6O3/c1-29(2,3)25-14-26(35(34-25)19-10-11-24-23(13-19)31-16-38-24)33-28(37)32-18-7-4-6-17(12-18)20-8-5-9-21-22(20)15-30-27(21)36/h4-14,16H,15H2,1-3H3,(H,30,36)(H2,32,33,37). The van der Waals surface area contributed by atoms with Crippen molar-refractivity contribution in [3.05, 3.63) is 89.9 Å². The first-order valence-electron chi connectivity index (χ1n) is 12.3. The fraction of sp³-hybridized carbons (Fsp3) is 0.172.